The Hall–Kier alpha value is -1.25. The molecule has 0 saturated carbocycles. The highest BCUT2D eigenvalue weighted by Gasteiger charge is 2.15. The van der Waals surface area contributed by atoms with Gasteiger partial charge in [-0.05, 0) is 25.7 Å². The molecule has 108 valence electrons. The first-order valence-corrected chi connectivity index (χ1v) is 7.24. The van der Waals surface area contributed by atoms with E-state index in [1.165, 1.54) is 12.8 Å². The fourth-order valence-electron chi connectivity index (χ4n) is 2.27. The third-order valence-corrected chi connectivity index (χ3v) is 3.81. The Balaban J connectivity index is 2.93. The Bertz CT molecular complexity index is 460. The second-order valence-corrected chi connectivity index (χ2v) is 5.21. The van der Waals surface area contributed by atoms with Crippen molar-refractivity contribution in [2.45, 2.75) is 59.8 Å². The Morgan fingerprint density at radius 2 is 2.00 bits per heavy atom. The van der Waals surface area contributed by atoms with E-state index in [1.54, 1.807) is 14.0 Å². The maximum atomic E-state index is 12.2. The van der Waals surface area contributed by atoms with Crippen molar-refractivity contribution < 1.29 is 9.15 Å². The quantitative estimate of drug-likeness (QED) is 0.751. The minimum absolute atomic E-state index is 0.0733. The molecule has 1 atom stereocenters. The van der Waals surface area contributed by atoms with Crippen LogP contribution in [0.5, 0.6) is 5.95 Å². The van der Waals surface area contributed by atoms with E-state index in [9.17, 15) is 4.79 Å². The van der Waals surface area contributed by atoms with E-state index in [4.69, 9.17) is 9.15 Å². The van der Waals surface area contributed by atoms with Gasteiger partial charge >= 0.3 is 0 Å². The van der Waals surface area contributed by atoms with Gasteiger partial charge in [0, 0.05) is 12.0 Å². The van der Waals surface area contributed by atoms with Gasteiger partial charge in [-0.3, -0.25) is 4.79 Å². The van der Waals surface area contributed by atoms with Crippen LogP contribution in [0.3, 0.4) is 0 Å². The average Bonchev–Trinajstić information content (AvgIpc) is 2.42. The average molecular weight is 266 g/mol. The van der Waals surface area contributed by atoms with E-state index < -0.39 is 0 Å². The topological polar surface area (TPSA) is 39.4 Å². The predicted molar refractivity (Wildman–Crippen MR) is 78.0 cm³/mol. The second-order valence-electron chi connectivity index (χ2n) is 5.21. The van der Waals surface area contributed by atoms with Crippen LogP contribution < -0.4 is 10.2 Å². The summed E-state index contributed by atoms with van der Waals surface area (Å²) in [6, 6.07) is 0. The Morgan fingerprint density at radius 3 is 2.53 bits per heavy atom. The zero-order chi connectivity index (χ0) is 14.4. The molecule has 3 nitrogen and oxygen atoms in total. The number of hydrogen-bond donors (Lipinski definition) is 0. The van der Waals surface area contributed by atoms with Gasteiger partial charge in [0.1, 0.15) is 5.76 Å². The molecule has 0 amide bonds. The highest BCUT2D eigenvalue weighted by Crippen LogP contribution is 2.21. The molecule has 1 aromatic heterocycles. The fourth-order valence-corrected chi connectivity index (χ4v) is 2.27. The van der Waals surface area contributed by atoms with E-state index in [0.717, 1.165) is 30.1 Å². The molecule has 1 heterocycles. The molecular formula is C16H26O3. The monoisotopic (exact) mass is 266 g/mol. The van der Waals surface area contributed by atoms with Crippen LogP contribution in [-0.4, -0.2) is 7.11 Å². The number of rotatable bonds is 7. The summed E-state index contributed by atoms with van der Waals surface area (Å²) in [5.41, 5.74) is 1.46. The zero-order valence-electron chi connectivity index (χ0n) is 12.8. The largest absolute Gasteiger partial charge is 0.468 e. The fraction of sp³-hybridized carbons (Fsp3) is 0.688. The van der Waals surface area contributed by atoms with Crippen LogP contribution >= 0.6 is 0 Å². The molecule has 1 unspecified atom stereocenters. The highest BCUT2D eigenvalue weighted by atomic mass is 16.6. The molecule has 1 rings (SSSR count). The molecule has 0 bridgehead atoms. The Morgan fingerprint density at radius 1 is 1.32 bits per heavy atom. The number of hydrogen-bond acceptors (Lipinski definition) is 3. The van der Waals surface area contributed by atoms with E-state index >= 15 is 0 Å². The first kappa shape index (κ1) is 15.8. The lowest BCUT2D eigenvalue weighted by atomic mass is 9.99. The summed E-state index contributed by atoms with van der Waals surface area (Å²) in [7, 11) is 1.54. The molecule has 19 heavy (non-hydrogen) atoms. The van der Waals surface area contributed by atoms with Crippen molar-refractivity contribution in [1.29, 1.82) is 0 Å². The molecule has 0 radical (unpaired) electrons. The Kier molecular flexibility index (Phi) is 6.13. The van der Waals surface area contributed by atoms with Crippen LogP contribution in [-0.2, 0) is 12.8 Å². The normalized spacial score (nSPS) is 12.5. The molecule has 0 aliphatic heterocycles. The summed E-state index contributed by atoms with van der Waals surface area (Å²) >= 11 is 0. The van der Waals surface area contributed by atoms with Gasteiger partial charge in [0.25, 0.3) is 5.95 Å². The minimum Gasteiger partial charge on any atom is -0.468 e. The van der Waals surface area contributed by atoms with Crippen LogP contribution in [0.25, 0.3) is 0 Å². The van der Waals surface area contributed by atoms with E-state index in [0.29, 0.717) is 17.9 Å². The SMILES string of the molecule is CCc1c(CCCC(C)CC)oc(OC)c(C)c1=O. The summed E-state index contributed by atoms with van der Waals surface area (Å²) < 4.78 is 10.9. The molecule has 0 aliphatic carbocycles. The van der Waals surface area contributed by atoms with Gasteiger partial charge in [-0.15, -0.1) is 0 Å². The third kappa shape index (κ3) is 3.85. The molecule has 0 aromatic carbocycles. The van der Waals surface area contributed by atoms with E-state index in [-0.39, 0.29) is 5.43 Å². The standard InChI is InChI=1S/C16H26O3/c1-6-11(3)9-8-10-14-13(7-2)15(17)12(4)16(18-5)19-14/h11H,6-10H2,1-5H3. The van der Waals surface area contributed by atoms with Crippen molar-refractivity contribution in [3.05, 3.63) is 27.1 Å². The van der Waals surface area contributed by atoms with Crippen molar-refractivity contribution in [2.24, 2.45) is 5.92 Å². The van der Waals surface area contributed by atoms with Crippen LogP contribution in [0.2, 0.25) is 0 Å². The van der Waals surface area contributed by atoms with Gasteiger partial charge in [0.2, 0.25) is 0 Å². The van der Waals surface area contributed by atoms with Gasteiger partial charge < -0.3 is 9.15 Å². The maximum Gasteiger partial charge on any atom is 0.291 e. The molecule has 0 saturated heterocycles. The molecule has 0 aliphatic rings. The lowest BCUT2D eigenvalue weighted by Crippen LogP contribution is -2.15. The summed E-state index contributed by atoms with van der Waals surface area (Å²) in [5, 5.41) is 0. The number of methoxy groups -OCH3 is 1. The van der Waals surface area contributed by atoms with E-state index in [1.807, 2.05) is 6.92 Å². The van der Waals surface area contributed by atoms with Crippen molar-refractivity contribution in [3.63, 3.8) is 0 Å². The van der Waals surface area contributed by atoms with Crippen molar-refractivity contribution >= 4 is 0 Å². The van der Waals surface area contributed by atoms with E-state index in [2.05, 4.69) is 13.8 Å². The van der Waals surface area contributed by atoms with Crippen LogP contribution in [0.15, 0.2) is 9.21 Å². The van der Waals surface area contributed by atoms with Crippen molar-refractivity contribution in [1.82, 2.24) is 0 Å². The van der Waals surface area contributed by atoms with Crippen molar-refractivity contribution in [2.75, 3.05) is 7.11 Å². The smallest absolute Gasteiger partial charge is 0.291 e. The van der Waals surface area contributed by atoms with Crippen LogP contribution in [0, 0.1) is 12.8 Å². The van der Waals surface area contributed by atoms with Crippen LogP contribution in [0.4, 0.5) is 0 Å². The lowest BCUT2D eigenvalue weighted by Gasteiger charge is -2.12. The van der Waals surface area contributed by atoms with Crippen molar-refractivity contribution in [3.8, 4) is 5.95 Å². The Labute approximate surface area is 116 Å². The molecule has 3 heteroatoms. The zero-order valence-corrected chi connectivity index (χ0v) is 12.8. The highest BCUT2D eigenvalue weighted by molar-refractivity contribution is 5.30. The molecule has 0 spiro atoms. The molecule has 0 N–H and O–H groups in total. The number of ether oxygens (including phenoxy) is 1. The maximum absolute atomic E-state index is 12.2. The van der Waals surface area contributed by atoms with Gasteiger partial charge in [0.05, 0.1) is 12.7 Å². The molecule has 0 fully saturated rings. The predicted octanol–water partition coefficient (Wildman–Crippen LogP) is 3.89. The molecular weight excluding hydrogens is 240 g/mol. The van der Waals surface area contributed by atoms with Gasteiger partial charge in [-0.2, -0.15) is 0 Å². The summed E-state index contributed by atoms with van der Waals surface area (Å²) in [4.78, 5) is 12.2. The van der Waals surface area contributed by atoms with Gasteiger partial charge in [-0.25, -0.2) is 0 Å². The summed E-state index contributed by atoms with van der Waals surface area (Å²) in [6.45, 7) is 8.22. The summed E-state index contributed by atoms with van der Waals surface area (Å²) in [6.07, 6.45) is 4.95. The van der Waals surface area contributed by atoms with Gasteiger partial charge in [-0.1, -0.05) is 33.6 Å². The molecule has 1 aromatic rings. The lowest BCUT2D eigenvalue weighted by molar-refractivity contribution is 0.276. The third-order valence-electron chi connectivity index (χ3n) is 3.81. The minimum atomic E-state index is 0.0733. The summed E-state index contributed by atoms with van der Waals surface area (Å²) in [5.74, 6) is 1.89. The second kappa shape index (κ2) is 7.37. The first-order chi connectivity index (χ1) is 9.04. The first-order valence-electron chi connectivity index (χ1n) is 7.24. The number of aryl methyl sites for hydroxylation is 1. The van der Waals surface area contributed by atoms with Gasteiger partial charge in [0.15, 0.2) is 5.43 Å². The van der Waals surface area contributed by atoms with Crippen LogP contribution in [0.1, 0.15) is 56.9 Å².